The van der Waals surface area contributed by atoms with Gasteiger partial charge in [0.1, 0.15) is 13.2 Å². The van der Waals surface area contributed by atoms with Gasteiger partial charge in [0.15, 0.2) is 11.5 Å². The molecule has 8 heteroatoms. The minimum Gasteiger partial charge on any atom is -0.486 e. The van der Waals surface area contributed by atoms with Gasteiger partial charge in [0, 0.05) is 30.6 Å². The molecule has 0 unspecified atom stereocenters. The van der Waals surface area contributed by atoms with Crippen molar-refractivity contribution in [1.29, 1.82) is 0 Å². The third kappa shape index (κ3) is 3.34. The van der Waals surface area contributed by atoms with E-state index < -0.39 is 10.0 Å². The lowest BCUT2D eigenvalue weighted by Crippen LogP contribution is -2.26. The number of sulfonamides is 1. The number of nitrogens with one attached hydrogen (secondary N) is 1. The van der Waals surface area contributed by atoms with Crippen LogP contribution in [0.15, 0.2) is 34.7 Å². The smallest absolute Gasteiger partial charge is 0.240 e. The Morgan fingerprint density at radius 2 is 2.05 bits per heavy atom. The summed E-state index contributed by atoms with van der Waals surface area (Å²) < 4.78 is 37.8. The van der Waals surface area contributed by atoms with Crippen LogP contribution in [0.25, 0.3) is 0 Å². The molecule has 0 spiro atoms. The first-order valence-corrected chi connectivity index (χ1v) is 8.79. The zero-order valence-corrected chi connectivity index (χ0v) is 12.7. The van der Waals surface area contributed by atoms with Crippen molar-refractivity contribution in [2.24, 2.45) is 0 Å². The van der Waals surface area contributed by atoms with E-state index in [1.54, 1.807) is 12.3 Å². The van der Waals surface area contributed by atoms with Crippen LogP contribution in [0, 0.1) is 0 Å². The molecule has 6 nitrogen and oxygen atoms in total. The van der Waals surface area contributed by atoms with Crippen LogP contribution in [-0.2, 0) is 16.4 Å². The van der Waals surface area contributed by atoms with Gasteiger partial charge in [-0.3, -0.25) is 0 Å². The van der Waals surface area contributed by atoms with Crippen LogP contribution in [0.5, 0.6) is 11.5 Å². The minimum atomic E-state index is -3.56. The molecule has 0 aliphatic carbocycles. The third-order valence-electron chi connectivity index (χ3n) is 2.94. The van der Waals surface area contributed by atoms with E-state index in [2.05, 4.69) is 9.71 Å². The van der Waals surface area contributed by atoms with Gasteiger partial charge in [-0.2, -0.15) is 0 Å². The van der Waals surface area contributed by atoms with E-state index >= 15 is 0 Å². The number of aromatic nitrogens is 1. The molecule has 21 heavy (non-hydrogen) atoms. The summed E-state index contributed by atoms with van der Waals surface area (Å²) in [4.78, 5) is 4.29. The zero-order chi connectivity index (χ0) is 14.7. The number of rotatable bonds is 5. The lowest BCUT2D eigenvalue weighted by molar-refractivity contribution is 0.171. The third-order valence-corrected chi connectivity index (χ3v) is 5.24. The van der Waals surface area contributed by atoms with Crippen LogP contribution in [0.1, 0.15) is 5.01 Å². The molecule has 0 amide bonds. The van der Waals surface area contributed by atoms with E-state index in [9.17, 15) is 8.42 Å². The van der Waals surface area contributed by atoms with Gasteiger partial charge in [-0.25, -0.2) is 18.1 Å². The van der Waals surface area contributed by atoms with E-state index in [1.165, 1.54) is 23.5 Å². The van der Waals surface area contributed by atoms with Crippen molar-refractivity contribution in [3.05, 3.63) is 34.8 Å². The highest BCUT2D eigenvalue weighted by Crippen LogP contribution is 2.32. The van der Waals surface area contributed by atoms with Crippen LogP contribution < -0.4 is 14.2 Å². The molecule has 0 fully saturated rings. The molecule has 1 aromatic carbocycles. The first-order chi connectivity index (χ1) is 10.1. The monoisotopic (exact) mass is 326 g/mol. The maximum absolute atomic E-state index is 12.2. The van der Waals surface area contributed by atoms with E-state index in [4.69, 9.17) is 9.47 Å². The summed E-state index contributed by atoms with van der Waals surface area (Å²) in [6.07, 6.45) is 2.27. The Hall–Kier alpha value is -1.64. The van der Waals surface area contributed by atoms with Crippen molar-refractivity contribution in [1.82, 2.24) is 9.71 Å². The Labute approximate surface area is 126 Å². The fraction of sp³-hybridized carbons (Fsp3) is 0.308. The highest BCUT2D eigenvalue weighted by atomic mass is 32.2. The van der Waals surface area contributed by atoms with Gasteiger partial charge >= 0.3 is 0 Å². The molecule has 112 valence electrons. The maximum atomic E-state index is 12.2. The molecule has 1 aliphatic rings. The van der Waals surface area contributed by atoms with Gasteiger partial charge in [-0.1, -0.05) is 0 Å². The number of hydrogen-bond donors (Lipinski definition) is 1. The first kappa shape index (κ1) is 14.3. The van der Waals surface area contributed by atoms with Crippen molar-refractivity contribution >= 4 is 21.4 Å². The molecule has 2 heterocycles. The summed E-state index contributed by atoms with van der Waals surface area (Å²) in [6, 6.07) is 4.61. The van der Waals surface area contributed by atoms with Gasteiger partial charge in [0.25, 0.3) is 0 Å². The van der Waals surface area contributed by atoms with Gasteiger partial charge in [-0.05, 0) is 12.1 Å². The number of ether oxygens (including phenoxy) is 2. The Morgan fingerprint density at radius 1 is 1.24 bits per heavy atom. The summed E-state index contributed by atoms with van der Waals surface area (Å²) in [5, 5.41) is 2.77. The number of thiazole rings is 1. The molecule has 1 N–H and O–H groups in total. The SMILES string of the molecule is O=S(=O)(NCCc1nccs1)c1ccc2c(c1)OCCO2. The molecule has 0 saturated heterocycles. The topological polar surface area (TPSA) is 77.5 Å². The number of nitrogens with zero attached hydrogens (tertiary/aromatic N) is 1. The molecule has 0 radical (unpaired) electrons. The molecular formula is C13H14N2O4S2. The van der Waals surface area contributed by atoms with Crippen molar-refractivity contribution in [2.75, 3.05) is 19.8 Å². The predicted molar refractivity (Wildman–Crippen MR) is 78.4 cm³/mol. The second-order valence-corrected chi connectivity index (χ2v) is 7.13. The lowest BCUT2D eigenvalue weighted by atomic mass is 10.3. The van der Waals surface area contributed by atoms with Gasteiger partial charge in [0.2, 0.25) is 10.0 Å². The van der Waals surface area contributed by atoms with Crippen molar-refractivity contribution in [3.63, 3.8) is 0 Å². The summed E-state index contributed by atoms with van der Waals surface area (Å²) >= 11 is 1.51. The Kier molecular flexibility index (Phi) is 4.09. The van der Waals surface area contributed by atoms with Crippen molar-refractivity contribution < 1.29 is 17.9 Å². The average Bonchev–Trinajstić information content (AvgIpc) is 3.00. The van der Waals surface area contributed by atoms with Gasteiger partial charge in [0.05, 0.1) is 9.90 Å². The molecule has 1 aromatic heterocycles. The fourth-order valence-corrected chi connectivity index (χ4v) is 3.61. The van der Waals surface area contributed by atoms with E-state index in [0.29, 0.717) is 37.7 Å². The summed E-state index contributed by atoms with van der Waals surface area (Å²) in [5.41, 5.74) is 0. The minimum absolute atomic E-state index is 0.172. The normalized spacial score (nSPS) is 14.1. The second kappa shape index (κ2) is 6.00. The fourth-order valence-electron chi connectivity index (χ4n) is 1.94. The number of benzene rings is 1. The van der Waals surface area contributed by atoms with Gasteiger partial charge < -0.3 is 9.47 Å². The number of fused-ring (bicyclic) bond motifs is 1. The highest BCUT2D eigenvalue weighted by Gasteiger charge is 2.19. The second-order valence-electron chi connectivity index (χ2n) is 4.38. The number of hydrogen-bond acceptors (Lipinski definition) is 6. The quantitative estimate of drug-likeness (QED) is 0.899. The molecule has 3 rings (SSSR count). The molecule has 2 aromatic rings. The van der Waals surface area contributed by atoms with Crippen LogP contribution in [0.2, 0.25) is 0 Å². The summed E-state index contributed by atoms with van der Waals surface area (Å²) in [7, 11) is -3.56. The summed E-state index contributed by atoms with van der Waals surface area (Å²) in [6.45, 7) is 1.21. The van der Waals surface area contributed by atoms with Crippen LogP contribution in [0.3, 0.4) is 0 Å². The van der Waals surface area contributed by atoms with Crippen molar-refractivity contribution in [3.8, 4) is 11.5 Å². The average molecular weight is 326 g/mol. The predicted octanol–water partition coefficient (Wildman–Crippen LogP) is 1.44. The molecule has 1 aliphatic heterocycles. The van der Waals surface area contributed by atoms with Gasteiger partial charge in [-0.15, -0.1) is 11.3 Å². The molecule has 0 bridgehead atoms. The van der Waals surface area contributed by atoms with E-state index in [-0.39, 0.29) is 4.90 Å². The zero-order valence-electron chi connectivity index (χ0n) is 11.1. The molecular weight excluding hydrogens is 312 g/mol. The summed E-state index contributed by atoms with van der Waals surface area (Å²) in [5.74, 6) is 1.03. The standard InChI is InChI=1S/C13H14N2O4S2/c16-21(17,15-4-3-13-14-5-8-20-13)10-1-2-11-12(9-10)19-7-6-18-11/h1-2,5,8-9,15H,3-4,6-7H2. The van der Waals surface area contributed by atoms with Crippen molar-refractivity contribution in [2.45, 2.75) is 11.3 Å². The first-order valence-electron chi connectivity index (χ1n) is 6.43. The van der Waals surface area contributed by atoms with Crippen LogP contribution in [0.4, 0.5) is 0 Å². The largest absolute Gasteiger partial charge is 0.486 e. The maximum Gasteiger partial charge on any atom is 0.240 e. The lowest BCUT2D eigenvalue weighted by Gasteiger charge is -2.18. The van der Waals surface area contributed by atoms with E-state index in [0.717, 1.165) is 5.01 Å². The van der Waals surface area contributed by atoms with Crippen LogP contribution in [-0.4, -0.2) is 33.2 Å². The molecule has 0 atom stereocenters. The molecule has 0 saturated carbocycles. The highest BCUT2D eigenvalue weighted by molar-refractivity contribution is 7.89. The Balaban J connectivity index is 1.69. The Morgan fingerprint density at radius 3 is 2.81 bits per heavy atom. The van der Waals surface area contributed by atoms with Crippen LogP contribution >= 0.6 is 11.3 Å². The van der Waals surface area contributed by atoms with E-state index in [1.807, 2.05) is 5.38 Å². The Bertz CT molecular complexity index is 714.